The molecule has 3 rings (SSSR count). The molecular formula is C17H19ClN4O2. The molecule has 1 aliphatic rings. The van der Waals surface area contributed by atoms with Crippen LogP contribution in [0.25, 0.3) is 5.69 Å². The largest absolute Gasteiger partial charge is 0.369 e. The number of halogens is 1. The minimum Gasteiger partial charge on any atom is -0.369 e. The normalized spacial score (nSPS) is 16.0. The molecule has 1 aromatic carbocycles. The molecule has 0 radical (unpaired) electrons. The lowest BCUT2D eigenvalue weighted by Crippen LogP contribution is -2.44. The average Bonchev–Trinajstić information content (AvgIpc) is 3.23. The summed E-state index contributed by atoms with van der Waals surface area (Å²) in [5, 5.41) is 7.54. The Balaban J connectivity index is 1.70. The van der Waals surface area contributed by atoms with Gasteiger partial charge in [0.15, 0.2) is 0 Å². The summed E-state index contributed by atoms with van der Waals surface area (Å²) < 4.78 is 1.55. The first-order valence-electron chi connectivity index (χ1n) is 7.89. The van der Waals surface area contributed by atoms with Gasteiger partial charge in [0.2, 0.25) is 5.91 Å². The van der Waals surface area contributed by atoms with Crippen LogP contribution < -0.4 is 11.1 Å². The molecule has 1 saturated carbocycles. The van der Waals surface area contributed by atoms with E-state index < -0.39 is 5.41 Å². The SMILES string of the molecule is NC(=O)C1(CNC(=O)c2cnn(-c3ccccc3Cl)c2)CCCC1. The van der Waals surface area contributed by atoms with Crippen LogP contribution in [0.1, 0.15) is 36.0 Å². The summed E-state index contributed by atoms with van der Waals surface area (Å²) in [7, 11) is 0. The van der Waals surface area contributed by atoms with Gasteiger partial charge in [0.1, 0.15) is 0 Å². The van der Waals surface area contributed by atoms with E-state index in [-0.39, 0.29) is 18.4 Å². The molecule has 1 heterocycles. The lowest BCUT2D eigenvalue weighted by molar-refractivity contribution is -0.127. The molecule has 0 spiro atoms. The van der Waals surface area contributed by atoms with Crippen LogP contribution in [0.3, 0.4) is 0 Å². The van der Waals surface area contributed by atoms with Gasteiger partial charge in [-0.25, -0.2) is 4.68 Å². The highest BCUT2D eigenvalue weighted by atomic mass is 35.5. The van der Waals surface area contributed by atoms with Gasteiger partial charge in [-0.2, -0.15) is 5.10 Å². The predicted octanol–water partition coefficient (Wildman–Crippen LogP) is 2.30. The van der Waals surface area contributed by atoms with E-state index in [0.717, 1.165) is 25.7 Å². The third-order valence-electron chi connectivity index (χ3n) is 4.61. The van der Waals surface area contributed by atoms with Crippen molar-refractivity contribution in [3.8, 4) is 5.69 Å². The summed E-state index contributed by atoms with van der Waals surface area (Å²) in [5.41, 5.74) is 6.02. The minimum atomic E-state index is -0.617. The van der Waals surface area contributed by atoms with Gasteiger partial charge in [0, 0.05) is 12.7 Å². The molecule has 0 unspecified atom stereocenters. The van der Waals surface area contributed by atoms with Crippen molar-refractivity contribution < 1.29 is 9.59 Å². The van der Waals surface area contributed by atoms with Gasteiger partial charge >= 0.3 is 0 Å². The Morgan fingerprint density at radius 2 is 2.00 bits per heavy atom. The first-order valence-corrected chi connectivity index (χ1v) is 8.27. The van der Waals surface area contributed by atoms with Gasteiger partial charge in [-0.05, 0) is 25.0 Å². The zero-order valence-electron chi connectivity index (χ0n) is 13.2. The van der Waals surface area contributed by atoms with Crippen LogP contribution >= 0.6 is 11.6 Å². The second-order valence-electron chi connectivity index (χ2n) is 6.16. The summed E-state index contributed by atoms with van der Waals surface area (Å²) in [5.74, 6) is -0.618. The number of para-hydroxylation sites is 1. The van der Waals surface area contributed by atoms with Crippen LogP contribution in [0.2, 0.25) is 5.02 Å². The molecular weight excluding hydrogens is 328 g/mol. The summed E-state index contributed by atoms with van der Waals surface area (Å²) in [6, 6.07) is 7.25. The number of amides is 2. The molecule has 2 aromatic rings. The molecule has 0 aliphatic heterocycles. The van der Waals surface area contributed by atoms with Crippen molar-refractivity contribution in [1.82, 2.24) is 15.1 Å². The van der Waals surface area contributed by atoms with E-state index in [1.165, 1.54) is 6.20 Å². The average molecular weight is 347 g/mol. The number of benzene rings is 1. The molecule has 1 fully saturated rings. The maximum absolute atomic E-state index is 12.3. The maximum Gasteiger partial charge on any atom is 0.254 e. The zero-order valence-corrected chi connectivity index (χ0v) is 13.9. The summed E-state index contributed by atoms with van der Waals surface area (Å²) >= 11 is 6.14. The number of nitrogens with one attached hydrogen (secondary N) is 1. The molecule has 1 aromatic heterocycles. The highest BCUT2D eigenvalue weighted by Gasteiger charge is 2.39. The number of hydrogen-bond acceptors (Lipinski definition) is 3. The molecule has 24 heavy (non-hydrogen) atoms. The van der Waals surface area contributed by atoms with Crippen LogP contribution in [0, 0.1) is 5.41 Å². The molecule has 1 aliphatic carbocycles. The lowest BCUT2D eigenvalue weighted by Gasteiger charge is -2.25. The topological polar surface area (TPSA) is 90.0 Å². The van der Waals surface area contributed by atoms with E-state index in [1.54, 1.807) is 16.9 Å². The molecule has 0 atom stereocenters. The number of nitrogens with two attached hydrogens (primary N) is 1. The Kier molecular flexibility index (Phi) is 4.57. The smallest absolute Gasteiger partial charge is 0.254 e. The molecule has 2 amide bonds. The zero-order chi connectivity index (χ0) is 17.2. The van der Waals surface area contributed by atoms with Crippen molar-refractivity contribution >= 4 is 23.4 Å². The third-order valence-corrected chi connectivity index (χ3v) is 4.93. The molecule has 0 bridgehead atoms. The third kappa shape index (κ3) is 3.14. The summed E-state index contributed by atoms with van der Waals surface area (Å²) in [6.45, 7) is 0.262. The highest BCUT2D eigenvalue weighted by molar-refractivity contribution is 6.32. The molecule has 7 heteroatoms. The van der Waals surface area contributed by atoms with Gasteiger partial charge < -0.3 is 11.1 Å². The summed E-state index contributed by atoms with van der Waals surface area (Å²) in [4.78, 5) is 24.1. The summed E-state index contributed by atoms with van der Waals surface area (Å²) in [6.07, 6.45) is 6.46. The number of nitrogens with zero attached hydrogens (tertiary/aromatic N) is 2. The number of rotatable bonds is 5. The quantitative estimate of drug-likeness (QED) is 0.870. The number of aromatic nitrogens is 2. The van der Waals surface area contributed by atoms with Crippen LogP contribution in [0.4, 0.5) is 0 Å². The first-order chi connectivity index (χ1) is 11.5. The van der Waals surface area contributed by atoms with Crippen molar-refractivity contribution in [1.29, 1.82) is 0 Å². The maximum atomic E-state index is 12.3. The Morgan fingerprint density at radius 1 is 1.29 bits per heavy atom. The lowest BCUT2D eigenvalue weighted by atomic mass is 9.85. The van der Waals surface area contributed by atoms with Crippen LogP contribution in [-0.2, 0) is 4.79 Å². The van der Waals surface area contributed by atoms with E-state index >= 15 is 0 Å². The van der Waals surface area contributed by atoms with E-state index in [2.05, 4.69) is 10.4 Å². The Labute approximate surface area is 145 Å². The number of hydrogen-bond donors (Lipinski definition) is 2. The minimum absolute atomic E-state index is 0.262. The predicted molar refractivity (Wildman–Crippen MR) is 91.0 cm³/mol. The molecule has 3 N–H and O–H groups in total. The van der Waals surface area contributed by atoms with E-state index in [0.29, 0.717) is 16.3 Å². The highest BCUT2D eigenvalue weighted by Crippen LogP contribution is 2.37. The molecule has 126 valence electrons. The Bertz CT molecular complexity index is 765. The van der Waals surface area contributed by atoms with Crippen LogP contribution in [0.15, 0.2) is 36.7 Å². The van der Waals surface area contributed by atoms with Crippen LogP contribution in [-0.4, -0.2) is 28.1 Å². The van der Waals surface area contributed by atoms with Gasteiger partial charge in [0.05, 0.1) is 27.9 Å². The second kappa shape index (κ2) is 6.65. The number of carbonyl (C=O) groups is 2. The van der Waals surface area contributed by atoms with Crippen LogP contribution in [0.5, 0.6) is 0 Å². The monoisotopic (exact) mass is 346 g/mol. The van der Waals surface area contributed by atoms with Crippen molar-refractivity contribution in [3.05, 3.63) is 47.2 Å². The first kappa shape index (κ1) is 16.5. The fourth-order valence-electron chi connectivity index (χ4n) is 3.12. The Morgan fingerprint density at radius 3 is 2.67 bits per heavy atom. The van der Waals surface area contributed by atoms with Crippen molar-refractivity contribution in [2.24, 2.45) is 11.1 Å². The van der Waals surface area contributed by atoms with Gasteiger partial charge in [-0.3, -0.25) is 9.59 Å². The van der Waals surface area contributed by atoms with Crippen molar-refractivity contribution in [2.75, 3.05) is 6.54 Å². The standard InChI is InChI=1S/C17H19ClN4O2/c18-13-5-1-2-6-14(13)22-10-12(9-21-22)15(23)20-11-17(16(19)24)7-3-4-8-17/h1-2,5-6,9-10H,3-4,7-8,11H2,(H2,19,24)(H,20,23). The van der Waals surface area contributed by atoms with E-state index in [1.807, 2.05) is 18.2 Å². The molecule has 6 nitrogen and oxygen atoms in total. The second-order valence-corrected chi connectivity index (χ2v) is 6.57. The van der Waals surface area contributed by atoms with Gasteiger partial charge in [-0.1, -0.05) is 36.6 Å². The van der Waals surface area contributed by atoms with Crippen molar-refractivity contribution in [2.45, 2.75) is 25.7 Å². The van der Waals surface area contributed by atoms with Crippen molar-refractivity contribution in [3.63, 3.8) is 0 Å². The van der Waals surface area contributed by atoms with E-state index in [4.69, 9.17) is 17.3 Å². The fraction of sp³-hybridized carbons (Fsp3) is 0.353. The van der Waals surface area contributed by atoms with Gasteiger partial charge in [-0.15, -0.1) is 0 Å². The molecule has 0 saturated heterocycles. The Hall–Kier alpha value is -2.34. The van der Waals surface area contributed by atoms with E-state index in [9.17, 15) is 9.59 Å². The fourth-order valence-corrected chi connectivity index (χ4v) is 3.35. The number of carbonyl (C=O) groups excluding carboxylic acids is 2. The number of primary amides is 1. The van der Waals surface area contributed by atoms with Gasteiger partial charge in [0.25, 0.3) is 5.91 Å².